The van der Waals surface area contributed by atoms with Crippen LogP contribution in [0.2, 0.25) is 5.02 Å². The van der Waals surface area contributed by atoms with E-state index in [1.54, 1.807) is 39.2 Å². The molecule has 0 fully saturated rings. The number of amides is 1. The highest BCUT2D eigenvalue weighted by molar-refractivity contribution is 7.89. The van der Waals surface area contributed by atoms with Crippen molar-refractivity contribution >= 4 is 39.3 Å². The molecular weight excluding hydrogens is 400 g/mol. The van der Waals surface area contributed by atoms with Crippen LogP contribution in [-0.4, -0.2) is 38.8 Å². The molecule has 2 aromatic carbocycles. The zero-order valence-electron chi connectivity index (χ0n) is 16.0. The number of carbonyl (C=O) groups is 1. The minimum Gasteiger partial charge on any atom is -0.497 e. The molecule has 0 atom stereocenters. The predicted molar refractivity (Wildman–Crippen MR) is 112 cm³/mol. The highest BCUT2D eigenvalue weighted by Gasteiger charge is 2.24. The second kappa shape index (κ2) is 9.73. The zero-order valence-corrected chi connectivity index (χ0v) is 17.5. The minimum absolute atomic E-state index is 0.0348. The molecule has 0 heterocycles. The number of hydrogen-bond donors (Lipinski definition) is 1. The van der Waals surface area contributed by atoms with Crippen molar-refractivity contribution in [3.63, 3.8) is 0 Å². The van der Waals surface area contributed by atoms with Gasteiger partial charge in [0.05, 0.1) is 12.1 Å². The van der Waals surface area contributed by atoms with Crippen molar-refractivity contribution in [1.29, 1.82) is 0 Å². The van der Waals surface area contributed by atoms with Crippen LogP contribution in [0, 0.1) is 0 Å². The third-order valence-electron chi connectivity index (χ3n) is 4.04. The molecule has 0 aliphatic rings. The first-order valence-electron chi connectivity index (χ1n) is 8.74. The maximum atomic E-state index is 12.7. The van der Waals surface area contributed by atoms with Crippen molar-refractivity contribution in [2.24, 2.45) is 0 Å². The topological polar surface area (TPSA) is 75.7 Å². The lowest BCUT2D eigenvalue weighted by Gasteiger charge is -2.19. The molecule has 0 bridgehead atoms. The largest absolute Gasteiger partial charge is 0.497 e. The fourth-order valence-corrected chi connectivity index (χ4v) is 4.54. The van der Waals surface area contributed by atoms with Crippen molar-refractivity contribution < 1.29 is 17.9 Å². The quantitative estimate of drug-likeness (QED) is 0.651. The number of carbonyl (C=O) groups excluding carboxylic acids is 1. The summed E-state index contributed by atoms with van der Waals surface area (Å²) in [5, 5.41) is 2.77. The lowest BCUT2D eigenvalue weighted by molar-refractivity contribution is -0.111. The molecule has 0 saturated heterocycles. The van der Waals surface area contributed by atoms with Gasteiger partial charge in [0.1, 0.15) is 10.6 Å². The first-order valence-corrected chi connectivity index (χ1v) is 10.6. The van der Waals surface area contributed by atoms with Crippen LogP contribution in [0.3, 0.4) is 0 Å². The Morgan fingerprint density at radius 1 is 1.18 bits per heavy atom. The Hall–Kier alpha value is -2.35. The number of methoxy groups -OCH3 is 1. The average Bonchev–Trinajstić information content (AvgIpc) is 2.68. The number of ether oxygens (including phenoxy) is 1. The molecule has 2 aromatic rings. The van der Waals surface area contributed by atoms with Crippen LogP contribution < -0.4 is 10.1 Å². The number of anilines is 1. The third-order valence-corrected chi connectivity index (χ3v) is 6.57. The molecule has 1 amide bonds. The van der Waals surface area contributed by atoms with E-state index in [1.807, 2.05) is 18.2 Å². The maximum absolute atomic E-state index is 12.7. The maximum Gasteiger partial charge on any atom is 0.248 e. The van der Waals surface area contributed by atoms with Gasteiger partial charge in [0.2, 0.25) is 15.9 Å². The van der Waals surface area contributed by atoms with Gasteiger partial charge in [0, 0.05) is 24.9 Å². The number of benzene rings is 2. The molecule has 0 spiro atoms. The van der Waals surface area contributed by atoms with Gasteiger partial charge in [-0.1, -0.05) is 37.6 Å². The number of nitrogens with zero attached hydrogens (tertiary/aromatic N) is 1. The summed E-state index contributed by atoms with van der Waals surface area (Å²) in [5.41, 5.74) is 1.14. The van der Waals surface area contributed by atoms with Gasteiger partial charge in [0.25, 0.3) is 0 Å². The standard InChI is InChI=1S/C20H23ClN2O4S/c1-4-23(5-2)28(25,26)19-14-16(10-11-18(19)21)22-20(24)12-9-15-7-6-8-17(13-15)27-3/h6-14H,4-5H2,1-3H3,(H,22,24). The van der Waals surface area contributed by atoms with Crippen molar-refractivity contribution in [1.82, 2.24) is 4.31 Å². The number of hydrogen-bond acceptors (Lipinski definition) is 4. The van der Waals surface area contributed by atoms with Crippen molar-refractivity contribution in [2.45, 2.75) is 18.7 Å². The molecule has 0 saturated carbocycles. The van der Waals surface area contributed by atoms with Gasteiger partial charge < -0.3 is 10.1 Å². The minimum atomic E-state index is -3.73. The van der Waals surface area contributed by atoms with Crippen molar-refractivity contribution in [3.05, 3.63) is 59.1 Å². The van der Waals surface area contributed by atoms with E-state index >= 15 is 0 Å². The first-order chi connectivity index (χ1) is 13.3. The van der Waals surface area contributed by atoms with E-state index in [1.165, 1.54) is 22.5 Å². The molecular formula is C20H23ClN2O4S. The summed E-state index contributed by atoms with van der Waals surface area (Å²) in [6.07, 6.45) is 3.00. The van der Waals surface area contributed by atoms with Gasteiger partial charge >= 0.3 is 0 Å². The van der Waals surface area contributed by atoms with Gasteiger partial charge in [0.15, 0.2) is 0 Å². The summed E-state index contributed by atoms with van der Waals surface area (Å²) in [4.78, 5) is 12.2. The fourth-order valence-electron chi connectivity index (χ4n) is 2.58. The molecule has 0 aliphatic heterocycles. The Kier molecular flexibility index (Phi) is 7.62. The van der Waals surface area contributed by atoms with E-state index in [0.29, 0.717) is 24.5 Å². The Bertz CT molecular complexity index is 970. The van der Waals surface area contributed by atoms with E-state index in [4.69, 9.17) is 16.3 Å². The summed E-state index contributed by atoms with van der Waals surface area (Å²) in [5.74, 6) is 0.294. The number of halogens is 1. The van der Waals surface area contributed by atoms with Crippen LogP contribution in [0.1, 0.15) is 19.4 Å². The molecule has 6 nitrogen and oxygen atoms in total. The van der Waals surface area contributed by atoms with Gasteiger partial charge in [-0.2, -0.15) is 4.31 Å². The van der Waals surface area contributed by atoms with E-state index in [0.717, 1.165) is 5.56 Å². The molecule has 1 N–H and O–H groups in total. The van der Waals surface area contributed by atoms with Crippen LogP contribution in [0.15, 0.2) is 53.4 Å². The van der Waals surface area contributed by atoms with Crippen molar-refractivity contribution in [2.75, 3.05) is 25.5 Å². The predicted octanol–water partition coefficient (Wildman–Crippen LogP) is 4.03. The Morgan fingerprint density at radius 3 is 2.54 bits per heavy atom. The molecule has 8 heteroatoms. The second-order valence-corrected chi connectivity index (χ2v) is 8.15. The first kappa shape index (κ1) is 21.9. The molecule has 0 aromatic heterocycles. The lowest BCUT2D eigenvalue weighted by Crippen LogP contribution is -2.30. The van der Waals surface area contributed by atoms with Gasteiger partial charge in [-0.25, -0.2) is 8.42 Å². The smallest absolute Gasteiger partial charge is 0.248 e. The Morgan fingerprint density at radius 2 is 1.89 bits per heavy atom. The van der Waals surface area contributed by atoms with Gasteiger partial charge in [-0.3, -0.25) is 4.79 Å². The summed E-state index contributed by atoms with van der Waals surface area (Å²) >= 11 is 6.10. The summed E-state index contributed by atoms with van der Waals surface area (Å²) < 4.78 is 31.9. The fraction of sp³-hybridized carbons (Fsp3) is 0.250. The summed E-state index contributed by atoms with van der Waals surface area (Å²) in [6.45, 7) is 4.16. The third kappa shape index (κ3) is 5.34. The molecule has 0 aliphatic carbocycles. The molecule has 28 heavy (non-hydrogen) atoms. The Balaban J connectivity index is 2.20. The molecule has 150 valence electrons. The van der Waals surface area contributed by atoms with E-state index in [-0.39, 0.29) is 9.92 Å². The SMILES string of the molecule is CCN(CC)S(=O)(=O)c1cc(NC(=O)C=Cc2cccc(OC)c2)ccc1Cl. The van der Waals surface area contributed by atoms with Crippen LogP contribution >= 0.6 is 11.6 Å². The number of nitrogens with one attached hydrogen (secondary N) is 1. The highest BCUT2D eigenvalue weighted by atomic mass is 35.5. The average molecular weight is 423 g/mol. The molecule has 0 radical (unpaired) electrons. The summed E-state index contributed by atoms with van der Waals surface area (Å²) in [6, 6.07) is 11.6. The Labute approximate surface area is 170 Å². The molecule has 2 rings (SSSR count). The van der Waals surface area contributed by atoms with Crippen LogP contribution in [0.5, 0.6) is 5.75 Å². The zero-order chi connectivity index (χ0) is 20.7. The monoisotopic (exact) mass is 422 g/mol. The van der Waals surface area contributed by atoms with Gasteiger partial charge in [-0.15, -0.1) is 0 Å². The van der Waals surface area contributed by atoms with E-state index < -0.39 is 15.9 Å². The van der Waals surface area contributed by atoms with Gasteiger partial charge in [-0.05, 0) is 42.0 Å². The molecule has 0 unspecified atom stereocenters. The van der Waals surface area contributed by atoms with Crippen LogP contribution in [0.4, 0.5) is 5.69 Å². The number of sulfonamides is 1. The lowest BCUT2D eigenvalue weighted by atomic mass is 10.2. The summed E-state index contributed by atoms with van der Waals surface area (Å²) in [7, 11) is -2.17. The van der Waals surface area contributed by atoms with Crippen molar-refractivity contribution in [3.8, 4) is 5.75 Å². The highest BCUT2D eigenvalue weighted by Crippen LogP contribution is 2.27. The van der Waals surface area contributed by atoms with E-state index in [9.17, 15) is 13.2 Å². The number of rotatable bonds is 8. The second-order valence-electron chi connectivity index (χ2n) is 5.83. The van der Waals surface area contributed by atoms with E-state index in [2.05, 4.69) is 5.32 Å². The van der Waals surface area contributed by atoms with Crippen LogP contribution in [-0.2, 0) is 14.8 Å². The normalized spacial score (nSPS) is 11.8. The van der Waals surface area contributed by atoms with Crippen LogP contribution in [0.25, 0.3) is 6.08 Å².